The van der Waals surface area contributed by atoms with Crippen molar-refractivity contribution in [3.8, 4) is 0 Å². The Balaban J connectivity index is 2.03. The number of amides is 1. The van der Waals surface area contributed by atoms with Crippen LogP contribution in [0.1, 0.15) is 51.7 Å². The number of esters is 1. The number of aryl methyl sites for hydroxylation is 3. The number of hydrogen-bond acceptors (Lipinski definition) is 5. The highest BCUT2D eigenvalue weighted by Crippen LogP contribution is 2.25. The second-order valence-electron chi connectivity index (χ2n) is 6.13. The minimum Gasteiger partial charge on any atom is -0.451 e. The van der Waals surface area contributed by atoms with Crippen molar-refractivity contribution in [1.82, 2.24) is 14.8 Å². The summed E-state index contributed by atoms with van der Waals surface area (Å²) in [6.45, 7) is 8.34. The van der Waals surface area contributed by atoms with Crippen LogP contribution < -0.4 is 5.32 Å². The summed E-state index contributed by atoms with van der Waals surface area (Å²) in [5.74, 6) is -1.08. The molecule has 25 heavy (non-hydrogen) atoms. The predicted octanol–water partition coefficient (Wildman–Crippen LogP) is 1.83. The number of carbonyl (C=O) groups is 2. The number of nitrogens with zero attached hydrogens (tertiary/aromatic N) is 2. The Morgan fingerprint density at radius 2 is 1.96 bits per heavy atom. The minimum atomic E-state index is -0.697. The molecule has 2 aromatic heterocycles. The molecular formula is C17H24N4O4. The van der Waals surface area contributed by atoms with Gasteiger partial charge in [-0.1, -0.05) is 0 Å². The smallest absolute Gasteiger partial charge is 0.355 e. The van der Waals surface area contributed by atoms with E-state index in [0.717, 1.165) is 5.69 Å². The Morgan fingerprint density at radius 3 is 2.44 bits per heavy atom. The van der Waals surface area contributed by atoms with Gasteiger partial charge in [0, 0.05) is 18.3 Å². The van der Waals surface area contributed by atoms with Crippen LogP contribution in [0.2, 0.25) is 0 Å². The van der Waals surface area contributed by atoms with E-state index in [0.29, 0.717) is 28.2 Å². The number of hydrogen-bond donors (Lipinski definition) is 3. The van der Waals surface area contributed by atoms with Gasteiger partial charge >= 0.3 is 5.97 Å². The Kier molecular flexibility index (Phi) is 5.32. The van der Waals surface area contributed by atoms with Gasteiger partial charge in [0.25, 0.3) is 5.91 Å². The van der Waals surface area contributed by atoms with Crippen LogP contribution in [0.15, 0.2) is 0 Å². The van der Waals surface area contributed by atoms with Crippen molar-refractivity contribution in [2.45, 2.75) is 40.7 Å². The van der Waals surface area contributed by atoms with Gasteiger partial charge in [-0.15, -0.1) is 0 Å². The van der Waals surface area contributed by atoms with Crippen LogP contribution in [0, 0.1) is 27.7 Å². The summed E-state index contributed by atoms with van der Waals surface area (Å²) in [4.78, 5) is 27.2. The number of ether oxygens (including phenoxy) is 1. The lowest BCUT2D eigenvalue weighted by Gasteiger charge is -2.07. The Morgan fingerprint density at radius 1 is 1.32 bits per heavy atom. The van der Waals surface area contributed by atoms with Gasteiger partial charge in [0.05, 0.1) is 23.2 Å². The fourth-order valence-corrected chi connectivity index (χ4v) is 2.93. The van der Waals surface area contributed by atoms with Crippen molar-refractivity contribution in [2.75, 3.05) is 11.9 Å². The van der Waals surface area contributed by atoms with E-state index in [2.05, 4.69) is 15.4 Å². The zero-order valence-electron chi connectivity index (χ0n) is 15.4. The fraction of sp³-hybridized carbons (Fsp3) is 0.471. The molecule has 0 saturated carbocycles. The zero-order chi connectivity index (χ0) is 18.9. The zero-order valence-corrected chi connectivity index (χ0v) is 15.4. The number of aromatic nitrogens is 3. The van der Waals surface area contributed by atoms with Gasteiger partial charge in [0.15, 0.2) is 6.61 Å². The predicted molar refractivity (Wildman–Crippen MR) is 92.5 cm³/mol. The van der Waals surface area contributed by atoms with E-state index >= 15 is 0 Å². The van der Waals surface area contributed by atoms with Crippen molar-refractivity contribution in [1.29, 1.82) is 0 Å². The molecule has 136 valence electrons. The molecular weight excluding hydrogens is 324 g/mol. The molecule has 0 unspecified atom stereocenters. The maximum Gasteiger partial charge on any atom is 0.355 e. The normalized spacial score (nSPS) is 12.1. The van der Waals surface area contributed by atoms with E-state index in [-0.39, 0.29) is 5.69 Å². The van der Waals surface area contributed by atoms with Crippen LogP contribution in [0.4, 0.5) is 5.69 Å². The van der Waals surface area contributed by atoms with Crippen molar-refractivity contribution in [2.24, 2.45) is 7.05 Å². The third-order valence-electron chi connectivity index (χ3n) is 4.23. The van der Waals surface area contributed by atoms with Crippen LogP contribution in [0.3, 0.4) is 0 Å². The van der Waals surface area contributed by atoms with Crippen LogP contribution in [0.25, 0.3) is 0 Å². The third-order valence-corrected chi connectivity index (χ3v) is 4.23. The maximum atomic E-state index is 12.2. The molecule has 0 aliphatic carbocycles. The highest BCUT2D eigenvalue weighted by molar-refractivity contribution is 5.96. The number of aliphatic hydroxyl groups is 1. The Bertz CT molecular complexity index is 817. The summed E-state index contributed by atoms with van der Waals surface area (Å²) in [5, 5.41) is 16.7. The standard InChI is InChI=1S/C17H24N4O4/c1-8-14(12(5)22)9(2)18-15(8)17(24)25-7-13(23)19-16-10(3)20-21(6)11(16)4/h12,18,22H,7H2,1-6H3,(H,19,23)/t12-/m1/s1. The first-order chi connectivity index (χ1) is 11.6. The molecule has 0 fully saturated rings. The highest BCUT2D eigenvalue weighted by atomic mass is 16.5. The van der Waals surface area contributed by atoms with Crippen molar-refractivity contribution >= 4 is 17.6 Å². The number of nitrogens with one attached hydrogen (secondary N) is 2. The molecule has 0 radical (unpaired) electrons. The summed E-state index contributed by atoms with van der Waals surface area (Å²) in [6, 6.07) is 0. The number of carbonyl (C=O) groups excluding carboxylic acids is 2. The average molecular weight is 348 g/mol. The summed E-state index contributed by atoms with van der Waals surface area (Å²) in [7, 11) is 1.79. The number of rotatable bonds is 5. The van der Waals surface area contributed by atoms with Gasteiger partial charge in [-0.2, -0.15) is 5.10 Å². The summed E-state index contributed by atoms with van der Waals surface area (Å²) in [5.41, 5.74) is 4.36. The number of anilines is 1. The molecule has 3 N–H and O–H groups in total. The highest BCUT2D eigenvalue weighted by Gasteiger charge is 2.22. The lowest BCUT2D eigenvalue weighted by atomic mass is 10.1. The molecule has 2 rings (SSSR count). The lowest BCUT2D eigenvalue weighted by Crippen LogP contribution is -2.22. The molecule has 1 atom stereocenters. The molecule has 8 heteroatoms. The fourth-order valence-electron chi connectivity index (χ4n) is 2.93. The molecule has 0 aliphatic heterocycles. The molecule has 0 aromatic carbocycles. The number of aromatic amines is 1. The topological polar surface area (TPSA) is 109 Å². The first-order valence-electron chi connectivity index (χ1n) is 7.97. The quantitative estimate of drug-likeness (QED) is 0.714. The van der Waals surface area contributed by atoms with E-state index < -0.39 is 24.6 Å². The monoisotopic (exact) mass is 348 g/mol. The maximum absolute atomic E-state index is 12.2. The molecule has 0 spiro atoms. The van der Waals surface area contributed by atoms with Gasteiger partial charge in [-0.05, 0) is 40.2 Å². The number of H-pyrrole nitrogens is 1. The molecule has 1 amide bonds. The lowest BCUT2D eigenvalue weighted by molar-refractivity contribution is -0.119. The summed E-state index contributed by atoms with van der Waals surface area (Å²) in [6.07, 6.45) is -0.697. The molecule has 0 bridgehead atoms. The van der Waals surface area contributed by atoms with Crippen LogP contribution in [0.5, 0.6) is 0 Å². The van der Waals surface area contributed by atoms with E-state index in [1.165, 1.54) is 0 Å². The van der Waals surface area contributed by atoms with Crippen molar-refractivity contribution in [3.63, 3.8) is 0 Å². The third kappa shape index (κ3) is 3.74. The van der Waals surface area contributed by atoms with Crippen molar-refractivity contribution in [3.05, 3.63) is 33.9 Å². The molecule has 0 aliphatic rings. The summed E-state index contributed by atoms with van der Waals surface area (Å²) < 4.78 is 6.75. The second-order valence-corrected chi connectivity index (χ2v) is 6.13. The molecule has 2 aromatic rings. The van der Waals surface area contributed by atoms with Gasteiger partial charge < -0.3 is 20.1 Å². The van der Waals surface area contributed by atoms with Gasteiger partial charge in [0.1, 0.15) is 5.69 Å². The van der Waals surface area contributed by atoms with Crippen molar-refractivity contribution < 1.29 is 19.4 Å². The van der Waals surface area contributed by atoms with Gasteiger partial charge in [-0.25, -0.2) is 4.79 Å². The molecule has 2 heterocycles. The van der Waals surface area contributed by atoms with E-state index in [1.807, 2.05) is 6.92 Å². The minimum absolute atomic E-state index is 0.245. The van der Waals surface area contributed by atoms with Gasteiger partial charge in [0.2, 0.25) is 0 Å². The Hall–Kier alpha value is -2.61. The second kappa shape index (κ2) is 7.10. The SMILES string of the molecule is Cc1nn(C)c(C)c1NC(=O)COC(=O)c1[nH]c(C)c([C@@H](C)O)c1C. The van der Waals surface area contributed by atoms with E-state index in [4.69, 9.17) is 4.74 Å². The van der Waals surface area contributed by atoms with E-state index in [9.17, 15) is 14.7 Å². The molecule has 0 saturated heterocycles. The first-order valence-corrected chi connectivity index (χ1v) is 7.97. The van der Waals surface area contributed by atoms with Crippen LogP contribution >= 0.6 is 0 Å². The Labute approximate surface area is 146 Å². The summed E-state index contributed by atoms with van der Waals surface area (Å²) >= 11 is 0. The molecule has 8 nitrogen and oxygen atoms in total. The van der Waals surface area contributed by atoms with E-state index in [1.54, 1.807) is 39.4 Å². The largest absolute Gasteiger partial charge is 0.451 e. The van der Waals surface area contributed by atoms with Crippen LogP contribution in [-0.2, 0) is 16.6 Å². The van der Waals surface area contributed by atoms with Crippen LogP contribution in [-0.4, -0.2) is 38.4 Å². The average Bonchev–Trinajstić information content (AvgIpc) is 2.95. The van der Waals surface area contributed by atoms with Gasteiger partial charge in [-0.3, -0.25) is 9.48 Å². The first kappa shape index (κ1) is 18.7. The number of aliphatic hydroxyl groups excluding tert-OH is 1.